The Kier molecular flexibility index (Phi) is 4.11. The predicted octanol–water partition coefficient (Wildman–Crippen LogP) is 4.02. The van der Waals surface area contributed by atoms with E-state index in [0.717, 1.165) is 17.3 Å². The van der Waals surface area contributed by atoms with Crippen LogP contribution in [0.3, 0.4) is 0 Å². The first kappa shape index (κ1) is 12.8. The lowest BCUT2D eigenvalue weighted by Gasteiger charge is -2.18. The molecule has 94 valence electrons. The van der Waals surface area contributed by atoms with Crippen LogP contribution in [0.4, 0.5) is 11.4 Å². The fraction of sp³-hybridized carbons (Fsp3) is 0.200. The normalized spacial score (nSPS) is 10.2. The van der Waals surface area contributed by atoms with E-state index >= 15 is 0 Å². The zero-order valence-corrected chi connectivity index (χ0v) is 11.4. The number of nitrogens with one attached hydrogen (secondary N) is 1. The van der Waals surface area contributed by atoms with Crippen molar-refractivity contribution < 1.29 is 0 Å². The maximum absolute atomic E-state index is 5.97. The standard InChI is InChI=1S/C15H17ClN2/c1-18(2)15-9-4-3-8-14(15)17-11-12-6-5-7-13(16)10-12/h3-10,17H,11H2,1-2H3. The van der Waals surface area contributed by atoms with Crippen LogP contribution >= 0.6 is 11.6 Å². The minimum absolute atomic E-state index is 0.769. The van der Waals surface area contributed by atoms with Crippen LogP contribution < -0.4 is 10.2 Å². The number of nitrogens with zero attached hydrogens (tertiary/aromatic N) is 1. The topological polar surface area (TPSA) is 15.3 Å². The summed E-state index contributed by atoms with van der Waals surface area (Å²) in [5.41, 5.74) is 3.48. The third kappa shape index (κ3) is 3.17. The third-order valence-electron chi connectivity index (χ3n) is 2.76. The molecule has 18 heavy (non-hydrogen) atoms. The average Bonchev–Trinajstić information content (AvgIpc) is 2.37. The summed E-state index contributed by atoms with van der Waals surface area (Å²) < 4.78 is 0. The van der Waals surface area contributed by atoms with E-state index in [-0.39, 0.29) is 0 Å². The molecule has 0 bridgehead atoms. The Morgan fingerprint density at radius 2 is 1.83 bits per heavy atom. The van der Waals surface area contributed by atoms with Gasteiger partial charge >= 0.3 is 0 Å². The van der Waals surface area contributed by atoms with Crippen LogP contribution in [0.25, 0.3) is 0 Å². The van der Waals surface area contributed by atoms with Crippen molar-refractivity contribution in [1.82, 2.24) is 0 Å². The van der Waals surface area contributed by atoms with Crippen molar-refractivity contribution in [3.63, 3.8) is 0 Å². The van der Waals surface area contributed by atoms with Gasteiger partial charge in [0, 0.05) is 25.7 Å². The van der Waals surface area contributed by atoms with Crippen LogP contribution in [-0.4, -0.2) is 14.1 Å². The molecule has 0 heterocycles. The van der Waals surface area contributed by atoms with Crippen LogP contribution in [-0.2, 0) is 6.54 Å². The van der Waals surface area contributed by atoms with E-state index in [0.29, 0.717) is 0 Å². The van der Waals surface area contributed by atoms with Gasteiger partial charge in [0.2, 0.25) is 0 Å². The molecule has 2 nitrogen and oxygen atoms in total. The Hall–Kier alpha value is -1.67. The second kappa shape index (κ2) is 5.78. The van der Waals surface area contributed by atoms with Gasteiger partial charge in [-0.15, -0.1) is 0 Å². The smallest absolute Gasteiger partial charge is 0.0596 e. The van der Waals surface area contributed by atoms with Crippen molar-refractivity contribution in [2.45, 2.75) is 6.54 Å². The van der Waals surface area contributed by atoms with Crippen molar-refractivity contribution in [2.24, 2.45) is 0 Å². The first-order chi connectivity index (χ1) is 8.66. The van der Waals surface area contributed by atoms with Gasteiger partial charge in [0.15, 0.2) is 0 Å². The van der Waals surface area contributed by atoms with Gasteiger partial charge in [-0.25, -0.2) is 0 Å². The minimum Gasteiger partial charge on any atom is -0.379 e. The van der Waals surface area contributed by atoms with Crippen molar-refractivity contribution in [2.75, 3.05) is 24.3 Å². The molecule has 0 saturated heterocycles. The molecule has 0 fully saturated rings. The van der Waals surface area contributed by atoms with Gasteiger partial charge in [-0.1, -0.05) is 35.9 Å². The molecule has 0 spiro atoms. The predicted molar refractivity (Wildman–Crippen MR) is 79.5 cm³/mol. The van der Waals surface area contributed by atoms with E-state index in [1.807, 2.05) is 44.4 Å². The fourth-order valence-corrected chi connectivity index (χ4v) is 2.07. The first-order valence-electron chi connectivity index (χ1n) is 5.91. The molecule has 0 aromatic heterocycles. The SMILES string of the molecule is CN(C)c1ccccc1NCc1cccc(Cl)c1. The zero-order chi connectivity index (χ0) is 13.0. The molecule has 3 heteroatoms. The van der Waals surface area contributed by atoms with Crippen molar-refractivity contribution in [3.05, 3.63) is 59.1 Å². The summed E-state index contributed by atoms with van der Waals surface area (Å²) in [4.78, 5) is 2.10. The minimum atomic E-state index is 0.769. The number of halogens is 1. The summed E-state index contributed by atoms with van der Waals surface area (Å²) in [6.07, 6.45) is 0. The highest BCUT2D eigenvalue weighted by atomic mass is 35.5. The Bertz CT molecular complexity index is 523. The summed E-state index contributed by atoms with van der Waals surface area (Å²) in [6, 6.07) is 16.2. The number of anilines is 2. The van der Waals surface area contributed by atoms with E-state index in [1.165, 1.54) is 11.3 Å². The fourth-order valence-electron chi connectivity index (χ4n) is 1.86. The van der Waals surface area contributed by atoms with Crippen molar-refractivity contribution in [1.29, 1.82) is 0 Å². The molecule has 0 atom stereocenters. The summed E-state index contributed by atoms with van der Waals surface area (Å²) in [5, 5.41) is 4.21. The lowest BCUT2D eigenvalue weighted by atomic mass is 10.2. The van der Waals surface area contributed by atoms with Gasteiger partial charge in [0.1, 0.15) is 0 Å². The number of hydrogen-bond donors (Lipinski definition) is 1. The van der Waals surface area contributed by atoms with Gasteiger partial charge in [-0.3, -0.25) is 0 Å². The molecule has 2 rings (SSSR count). The molecule has 0 saturated carbocycles. The lowest BCUT2D eigenvalue weighted by Crippen LogP contribution is -2.12. The summed E-state index contributed by atoms with van der Waals surface area (Å²) in [7, 11) is 4.08. The Balaban J connectivity index is 2.11. The second-order valence-corrected chi connectivity index (χ2v) is 4.83. The summed E-state index contributed by atoms with van der Waals surface area (Å²) >= 11 is 5.97. The average molecular weight is 261 g/mol. The molecule has 0 radical (unpaired) electrons. The third-order valence-corrected chi connectivity index (χ3v) is 2.99. The Labute approximate surface area is 113 Å². The van der Waals surface area contributed by atoms with Crippen LogP contribution in [0, 0.1) is 0 Å². The highest BCUT2D eigenvalue weighted by Gasteiger charge is 2.02. The van der Waals surface area contributed by atoms with Crippen LogP contribution in [0.15, 0.2) is 48.5 Å². The molecular weight excluding hydrogens is 244 g/mol. The maximum atomic E-state index is 5.97. The van der Waals surface area contributed by atoms with E-state index in [9.17, 15) is 0 Å². The van der Waals surface area contributed by atoms with Gasteiger partial charge in [0.25, 0.3) is 0 Å². The molecule has 0 aliphatic heterocycles. The van der Waals surface area contributed by atoms with Gasteiger partial charge in [0.05, 0.1) is 11.4 Å². The molecule has 0 amide bonds. The van der Waals surface area contributed by atoms with Crippen molar-refractivity contribution >= 4 is 23.0 Å². The van der Waals surface area contributed by atoms with E-state index in [1.54, 1.807) is 0 Å². The number of hydrogen-bond acceptors (Lipinski definition) is 2. The zero-order valence-electron chi connectivity index (χ0n) is 10.7. The van der Waals surface area contributed by atoms with Gasteiger partial charge < -0.3 is 10.2 Å². The molecule has 0 aliphatic carbocycles. The molecular formula is C15H17ClN2. The summed E-state index contributed by atoms with van der Waals surface area (Å²) in [6.45, 7) is 0.769. The molecule has 2 aromatic rings. The largest absolute Gasteiger partial charge is 0.379 e. The Morgan fingerprint density at radius 1 is 1.06 bits per heavy atom. The quantitative estimate of drug-likeness (QED) is 0.893. The molecule has 0 aliphatic rings. The van der Waals surface area contributed by atoms with E-state index in [2.05, 4.69) is 28.4 Å². The number of rotatable bonds is 4. The Morgan fingerprint density at radius 3 is 2.56 bits per heavy atom. The maximum Gasteiger partial charge on any atom is 0.0596 e. The van der Waals surface area contributed by atoms with Crippen LogP contribution in [0.5, 0.6) is 0 Å². The van der Waals surface area contributed by atoms with E-state index in [4.69, 9.17) is 11.6 Å². The highest BCUT2D eigenvalue weighted by molar-refractivity contribution is 6.30. The highest BCUT2D eigenvalue weighted by Crippen LogP contribution is 2.24. The molecule has 1 N–H and O–H groups in total. The van der Waals surface area contributed by atoms with E-state index < -0.39 is 0 Å². The summed E-state index contributed by atoms with van der Waals surface area (Å²) in [5.74, 6) is 0. The van der Waals surface area contributed by atoms with Crippen LogP contribution in [0.1, 0.15) is 5.56 Å². The lowest BCUT2D eigenvalue weighted by molar-refractivity contribution is 1.10. The first-order valence-corrected chi connectivity index (χ1v) is 6.29. The number of benzene rings is 2. The number of para-hydroxylation sites is 2. The van der Waals surface area contributed by atoms with Gasteiger partial charge in [-0.05, 0) is 29.8 Å². The second-order valence-electron chi connectivity index (χ2n) is 4.40. The molecule has 0 unspecified atom stereocenters. The van der Waals surface area contributed by atoms with Crippen molar-refractivity contribution in [3.8, 4) is 0 Å². The van der Waals surface area contributed by atoms with Crippen LogP contribution in [0.2, 0.25) is 5.02 Å². The molecule has 2 aromatic carbocycles. The van der Waals surface area contributed by atoms with Gasteiger partial charge in [-0.2, -0.15) is 0 Å². The monoisotopic (exact) mass is 260 g/mol.